The van der Waals surface area contributed by atoms with Gasteiger partial charge in [-0.05, 0) is 48.3 Å². The van der Waals surface area contributed by atoms with Crippen LogP contribution in [-0.4, -0.2) is 110 Å². The average Bonchev–Trinajstić information content (AvgIpc) is 3.73. The van der Waals surface area contributed by atoms with Crippen molar-refractivity contribution in [3.05, 3.63) is 56.7 Å². The number of amides is 2. The summed E-state index contributed by atoms with van der Waals surface area (Å²) in [5.41, 5.74) is 1.41. The van der Waals surface area contributed by atoms with Gasteiger partial charge in [0, 0.05) is 42.1 Å². The van der Waals surface area contributed by atoms with E-state index in [1.54, 1.807) is 30.5 Å². The van der Waals surface area contributed by atoms with Crippen LogP contribution in [-0.2, 0) is 10.2 Å². The van der Waals surface area contributed by atoms with E-state index in [4.69, 9.17) is 4.98 Å². The lowest BCUT2D eigenvalue weighted by Gasteiger charge is -2.34. The number of piperidine rings is 1. The van der Waals surface area contributed by atoms with Gasteiger partial charge in [0.25, 0.3) is 11.5 Å². The van der Waals surface area contributed by atoms with E-state index >= 15 is 0 Å². The number of aliphatic hydroxyl groups is 1. The molecule has 1 fully saturated rings. The number of likely N-dealkylation sites (N-methyl/N-ethyl adjacent to an activating group) is 1. The Morgan fingerprint density at radius 2 is 2.02 bits per heavy atom. The number of hydrogen-bond acceptors (Lipinski definition) is 11. The summed E-state index contributed by atoms with van der Waals surface area (Å²) in [4.78, 5) is 51.5. The van der Waals surface area contributed by atoms with Crippen molar-refractivity contribution in [3.8, 4) is 0 Å². The zero-order valence-electron chi connectivity index (χ0n) is 28.1. The molecule has 0 bridgehead atoms. The summed E-state index contributed by atoms with van der Waals surface area (Å²) in [6, 6.07) is 3.17. The first-order valence-corrected chi connectivity index (χ1v) is 16.9. The molecular formula is C32H44N11O4S+. The van der Waals surface area contributed by atoms with Gasteiger partial charge < -0.3 is 19.8 Å². The van der Waals surface area contributed by atoms with Crippen LogP contribution in [0.3, 0.4) is 0 Å². The number of pyridine rings is 1. The Bertz CT molecular complexity index is 1830. The lowest BCUT2D eigenvalue weighted by atomic mass is 9.93. The van der Waals surface area contributed by atoms with Gasteiger partial charge in [0.05, 0.1) is 45.0 Å². The van der Waals surface area contributed by atoms with Crippen molar-refractivity contribution in [1.29, 1.82) is 0 Å². The Morgan fingerprint density at radius 3 is 2.73 bits per heavy atom. The van der Waals surface area contributed by atoms with E-state index in [1.165, 1.54) is 15.7 Å². The summed E-state index contributed by atoms with van der Waals surface area (Å²) in [5, 5.41) is 31.5. The molecule has 0 radical (unpaired) electrons. The van der Waals surface area contributed by atoms with Crippen molar-refractivity contribution < 1.29 is 19.2 Å². The van der Waals surface area contributed by atoms with Gasteiger partial charge in [-0.25, -0.2) is 9.97 Å². The highest BCUT2D eigenvalue weighted by molar-refractivity contribution is 7.14. The van der Waals surface area contributed by atoms with Crippen LogP contribution in [0.1, 0.15) is 67.5 Å². The Hall–Kier alpha value is -4.54. The predicted octanol–water partition coefficient (Wildman–Crippen LogP) is 2.18. The Kier molecular flexibility index (Phi) is 10.7. The van der Waals surface area contributed by atoms with Crippen molar-refractivity contribution in [2.45, 2.75) is 45.4 Å². The number of aromatic nitrogens is 7. The maximum absolute atomic E-state index is 13.9. The highest BCUT2D eigenvalue weighted by Gasteiger charge is 2.27. The Balaban J connectivity index is 1.39. The second kappa shape index (κ2) is 14.7. The number of quaternary nitrogens is 1. The van der Waals surface area contributed by atoms with Gasteiger partial charge in [-0.3, -0.25) is 24.1 Å². The fraction of sp³-hybridized carbons (Fsp3) is 0.500. The number of thiazole rings is 1. The lowest BCUT2D eigenvalue weighted by Crippen LogP contribution is -2.47. The molecular weight excluding hydrogens is 634 g/mol. The van der Waals surface area contributed by atoms with Crippen molar-refractivity contribution in [2.24, 2.45) is 5.92 Å². The highest BCUT2D eigenvalue weighted by Crippen LogP contribution is 2.28. The second-order valence-electron chi connectivity index (χ2n) is 13.8. The molecule has 0 saturated carbocycles. The predicted molar refractivity (Wildman–Crippen MR) is 185 cm³/mol. The molecule has 4 aromatic rings. The third-order valence-corrected chi connectivity index (χ3v) is 9.16. The molecule has 0 aliphatic carbocycles. The first kappa shape index (κ1) is 34.8. The van der Waals surface area contributed by atoms with Gasteiger partial charge in [-0.1, -0.05) is 20.8 Å². The fourth-order valence-corrected chi connectivity index (χ4v) is 6.48. The quantitative estimate of drug-likeness (QED) is 0.162. The van der Waals surface area contributed by atoms with Gasteiger partial charge in [-0.2, -0.15) is 5.21 Å². The van der Waals surface area contributed by atoms with Crippen LogP contribution in [0.15, 0.2) is 28.5 Å². The number of rotatable bonds is 12. The maximum atomic E-state index is 13.9. The van der Waals surface area contributed by atoms with Gasteiger partial charge in [0.2, 0.25) is 5.91 Å². The third-order valence-electron chi connectivity index (χ3n) is 8.40. The largest absolute Gasteiger partial charge is 0.391 e. The van der Waals surface area contributed by atoms with Gasteiger partial charge in [-0.15, -0.1) is 21.5 Å². The summed E-state index contributed by atoms with van der Waals surface area (Å²) >= 11 is 1.36. The summed E-state index contributed by atoms with van der Waals surface area (Å²) in [6.45, 7) is 9.31. The summed E-state index contributed by atoms with van der Waals surface area (Å²) in [7, 11) is 4.04. The molecule has 4 N–H and O–H groups in total. The van der Waals surface area contributed by atoms with Crippen LogP contribution in [0.25, 0.3) is 17.8 Å². The van der Waals surface area contributed by atoms with Crippen molar-refractivity contribution in [2.75, 3.05) is 63.6 Å². The van der Waals surface area contributed by atoms with E-state index in [0.717, 1.165) is 18.5 Å². The molecule has 1 aliphatic heterocycles. The standard InChI is InChI=1S/C32H43N11O4S/c1-32(2,3)24-20-48-31(34-24)36-29(46)22-10-13-42-26(18-22)35-28(23(30(42)47)8-9-25-37-39-40-38-25)41-12-6-7-21(19-41)17-27(45)33-11-14-43(4,5)15-16-44/h8-10,13,18,20-21,44H,6-7,11-12,14-17,19H2,1-5H3,(H2-,33,34,36,37,38,39,40,45,46)/p+1. The number of nitrogens with one attached hydrogen (secondary N) is 3. The minimum absolute atomic E-state index is 0.0277. The average molecular weight is 679 g/mol. The number of carbonyl (C=O) groups is 2. The highest BCUT2D eigenvalue weighted by atomic mass is 32.1. The minimum Gasteiger partial charge on any atom is -0.391 e. The normalized spacial score (nSPS) is 15.7. The molecule has 1 unspecified atom stereocenters. The van der Waals surface area contributed by atoms with Crippen molar-refractivity contribution in [3.63, 3.8) is 0 Å². The summed E-state index contributed by atoms with van der Waals surface area (Å²) in [5.74, 6) is 0.441. The zero-order chi connectivity index (χ0) is 34.5. The van der Waals surface area contributed by atoms with Crippen LogP contribution >= 0.6 is 11.3 Å². The van der Waals surface area contributed by atoms with E-state index in [2.05, 4.69) is 57.0 Å². The number of hydrogen-bond donors (Lipinski definition) is 4. The lowest BCUT2D eigenvalue weighted by molar-refractivity contribution is -0.889. The van der Waals surface area contributed by atoms with Crippen LogP contribution in [0.2, 0.25) is 0 Å². The smallest absolute Gasteiger partial charge is 0.267 e. The van der Waals surface area contributed by atoms with Crippen LogP contribution in [0, 0.1) is 5.92 Å². The maximum Gasteiger partial charge on any atom is 0.267 e. The molecule has 4 aromatic heterocycles. The summed E-state index contributed by atoms with van der Waals surface area (Å²) < 4.78 is 2.02. The van der Waals surface area contributed by atoms with Crippen molar-refractivity contribution in [1.82, 2.24) is 40.3 Å². The van der Waals surface area contributed by atoms with Crippen LogP contribution in [0.4, 0.5) is 10.9 Å². The third kappa shape index (κ3) is 8.67. The number of nitrogens with zero attached hydrogens (tertiary/aromatic N) is 8. The van der Waals surface area contributed by atoms with Gasteiger partial charge in [0.1, 0.15) is 18.0 Å². The molecule has 15 nitrogen and oxygen atoms in total. The fourth-order valence-electron chi connectivity index (χ4n) is 5.55. The number of tetrazole rings is 1. The molecule has 16 heteroatoms. The minimum atomic E-state index is -0.355. The first-order chi connectivity index (χ1) is 22.8. The number of aromatic amines is 1. The molecule has 5 rings (SSSR count). The van der Waals surface area contributed by atoms with Gasteiger partial charge in [0.15, 0.2) is 11.0 Å². The first-order valence-electron chi connectivity index (χ1n) is 16.0. The van der Waals surface area contributed by atoms with E-state index < -0.39 is 0 Å². The molecule has 1 aliphatic rings. The van der Waals surface area contributed by atoms with E-state index in [9.17, 15) is 19.5 Å². The monoisotopic (exact) mass is 678 g/mol. The number of carbonyl (C=O) groups excluding carboxylic acids is 2. The molecule has 48 heavy (non-hydrogen) atoms. The molecule has 0 aromatic carbocycles. The van der Waals surface area contributed by atoms with Crippen LogP contribution in [0.5, 0.6) is 0 Å². The Labute approximate surface area is 282 Å². The Morgan fingerprint density at radius 1 is 1.21 bits per heavy atom. The number of anilines is 2. The number of H-pyrrole nitrogens is 1. The van der Waals surface area contributed by atoms with Crippen molar-refractivity contribution >= 4 is 51.9 Å². The SMILES string of the molecule is CC(C)(C)c1csc(NC(=O)c2ccn3c(=O)c(/C=C/c4nn[nH]n4)c(N4CCCC(CC(=O)NCC[N+](C)(C)CCO)C4)nc3c2)n1. The zero-order valence-corrected chi connectivity index (χ0v) is 28.9. The number of fused-ring (bicyclic) bond motifs is 1. The number of aliphatic hydroxyl groups excluding tert-OH is 1. The molecule has 256 valence electrons. The molecule has 1 saturated heterocycles. The molecule has 5 heterocycles. The second-order valence-corrected chi connectivity index (χ2v) is 14.6. The molecule has 0 spiro atoms. The summed E-state index contributed by atoms with van der Waals surface area (Å²) in [6.07, 6.45) is 6.80. The molecule has 1 atom stereocenters. The topological polar surface area (TPSA) is 183 Å². The van der Waals surface area contributed by atoms with Gasteiger partial charge >= 0.3 is 0 Å². The van der Waals surface area contributed by atoms with E-state index in [1.807, 2.05) is 24.4 Å². The molecule has 2 amide bonds. The van der Waals surface area contributed by atoms with Crippen LogP contribution < -0.4 is 21.1 Å². The van der Waals surface area contributed by atoms with E-state index in [-0.39, 0.29) is 35.3 Å². The van der Waals surface area contributed by atoms with E-state index in [0.29, 0.717) is 77.2 Å².